The number of halogens is 6. The summed E-state index contributed by atoms with van der Waals surface area (Å²) in [6, 6.07) is 8.44. The van der Waals surface area contributed by atoms with Crippen LogP contribution < -0.4 is 5.32 Å². The molecule has 0 bridgehead atoms. The van der Waals surface area contributed by atoms with Crippen molar-refractivity contribution in [1.29, 1.82) is 0 Å². The van der Waals surface area contributed by atoms with Crippen molar-refractivity contribution in [2.75, 3.05) is 0 Å². The molecule has 174 valence electrons. The van der Waals surface area contributed by atoms with E-state index in [-0.39, 0.29) is 18.2 Å². The van der Waals surface area contributed by atoms with Crippen molar-refractivity contribution in [3.63, 3.8) is 0 Å². The Hall–Kier alpha value is -3.30. The van der Waals surface area contributed by atoms with Gasteiger partial charge in [-0.25, -0.2) is 4.98 Å². The zero-order chi connectivity index (χ0) is 23.8. The van der Waals surface area contributed by atoms with Crippen molar-refractivity contribution in [2.24, 2.45) is 0 Å². The van der Waals surface area contributed by atoms with E-state index in [0.717, 1.165) is 42.0 Å². The molecule has 1 N–H and O–H groups in total. The number of hydrogen-bond donors (Lipinski definition) is 1. The number of carbonyl (C=O) groups excluding carboxylic acids is 1. The van der Waals surface area contributed by atoms with Gasteiger partial charge in [0, 0.05) is 31.3 Å². The van der Waals surface area contributed by atoms with E-state index in [2.05, 4.69) is 14.9 Å². The number of aryl methyl sites for hydroxylation is 2. The summed E-state index contributed by atoms with van der Waals surface area (Å²) >= 11 is 0. The number of aromatic nitrogens is 2. The normalized spacial score (nSPS) is 13.8. The quantitative estimate of drug-likeness (QED) is 0.512. The van der Waals surface area contributed by atoms with Crippen LogP contribution in [0.1, 0.15) is 34.5 Å². The monoisotopic (exact) mass is 467 g/mol. The average molecular weight is 467 g/mol. The second-order valence-electron chi connectivity index (χ2n) is 7.91. The molecular formula is C23H19F6N3O. The molecule has 0 saturated carbocycles. The van der Waals surface area contributed by atoms with Crippen molar-refractivity contribution in [2.45, 2.75) is 44.7 Å². The van der Waals surface area contributed by atoms with E-state index in [1.165, 1.54) is 0 Å². The number of carbonyl (C=O) groups is 1. The molecule has 0 spiro atoms. The van der Waals surface area contributed by atoms with Gasteiger partial charge in [-0.1, -0.05) is 18.2 Å². The van der Waals surface area contributed by atoms with Crippen molar-refractivity contribution in [1.82, 2.24) is 14.9 Å². The van der Waals surface area contributed by atoms with Crippen LogP contribution >= 0.6 is 0 Å². The first-order chi connectivity index (χ1) is 15.5. The van der Waals surface area contributed by atoms with Crippen molar-refractivity contribution < 1.29 is 31.1 Å². The van der Waals surface area contributed by atoms with E-state index >= 15 is 0 Å². The van der Waals surface area contributed by atoms with Gasteiger partial charge in [-0.05, 0) is 41.8 Å². The van der Waals surface area contributed by atoms with Gasteiger partial charge in [0.25, 0.3) is 0 Å². The van der Waals surface area contributed by atoms with Crippen LogP contribution in [0.25, 0.3) is 11.3 Å². The Morgan fingerprint density at radius 3 is 2.30 bits per heavy atom. The molecule has 0 unspecified atom stereocenters. The predicted molar refractivity (Wildman–Crippen MR) is 108 cm³/mol. The van der Waals surface area contributed by atoms with Gasteiger partial charge in [-0.15, -0.1) is 0 Å². The number of hydrogen-bond acceptors (Lipinski definition) is 2. The molecule has 0 aliphatic carbocycles. The summed E-state index contributed by atoms with van der Waals surface area (Å²) in [5, 5.41) is 2.55. The predicted octanol–water partition coefficient (Wildman–Crippen LogP) is 5.39. The van der Waals surface area contributed by atoms with Crippen molar-refractivity contribution in [3.8, 4) is 11.3 Å². The number of benzene rings is 2. The molecule has 1 amide bonds. The summed E-state index contributed by atoms with van der Waals surface area (Å²) in [6.07, 6.45) is -6.58. The molecule has 2 heterocycles. The fourth-order valence-corrected chi connectivity index (χ4v) is 3.80. The van der Waals surface area contributed by atoms with Crippen molar-refractivity contribution in [3.05, 3.63) is 76.7 Å². The number of imidazole rings is 1. The molecule has 1 aromatic heterocycles. The number of nitrogens with one attached hydrogen (secondary N) is 1. The van der Waals surface area contributed by atoms with Crippen LogP contribution in [0.4, 0.5) is 26.3 Å². The van der Waals surface area contributed by atoms with E-state index in [1.807, 2.05) is 18.3 Å². The Labute approximate surface area is 185 Å². The maximum absolute atomic E-state index is 13.0. The lowest BCUT2D eigenvalue weighted by atomic mass is 10.0. The first-order valence-electron chi connectivity index (χ1n) is 10.2. The second-order valence-corrected chi connectivity index (χ2v) is 7.91. The zero-order valence-corrected chi connectivity index (χ0v) is 17.2. The molecule has 0 radical (unpaired) electrons. The van der Waals surface area contributed by atoms with Crippen molar-refractivity contribution >= 4 is 5.91 Å². The molecule has 33 heavy (non-hydrogen) atoms. The lowest BCUT2D eigenvalue weighted by Crippen LogP contribution is -2.25. The van der Waals surface area contributed by atoms with Crippen LogP contribution in [0.5, 0.6) is 0 Å². The fourth-order valence-electron chi connectivity index (χ4n) is 3.80. The first kappa shape index (κ1) is 22.9. The molecule has 4 rings (SSSR count). The highest BCUT2D eigenvalue weighted by Gasteiger charge is 2.37. The van der Waals surface area contributed by atoms with Crippen LogP contribution in [0.3, 0.4) is 0 Å². The smallest absolute Gasteiger partial charge is 0.352 e. The van der Waals surface area contributed by atoms with Crippen LogP contribution in [0.15, 0.2) is 48.7 Å². The average Bonchev–Trinajstić information content (AvgIpc) is 3.33. The Balaban J connectivity index is 1.44. The van der Waals surface area contributed by atoms with Gasteiger partial charge in [0.2, 0.25) is 5.91 Å². The van der Waals surface area contributed by atoms with E-state index in [1.54, 1.807) is 12.1 Å². The Morgan fingerprint density at radius 1 is 0.970 bits per heavy atom. The molecule has 0 atom stereocenters. The summed E-state index contributed by atoms with van der Waals surface area (Å²) in [5.74, 6) is 0.330. The molecule has 0 fully saturated rings. The van der Waals surface area contributed by atoms with Crippen LogP contribution in [0.2, 0.25) is 0 Å². The van der Waals surface area contributed by atoms with Gasteiger partial charge >= 0.3 is 12.4 Å². The maximum Gasteiger partial charge on any atom is 0.416 e. The van der Waals surface area contributed by atoms with Crippen LogP contribution in [0, 0.1) is 0 Å². The standard InChI is InChI=1S/C23H19F6N3O/c24-22(25,26)17-8-15(9-18(11-17)23(27,28)29)10-21(33)30-12-14-3-1-4-16(7-14)19-13-32-6-2-5-20(32)31-19/h1,3-4,7-9,11,13H,2,5-6,10,12H2,(H,30,33). The molecule has 1 aliphatic heterocycles. The Morgan fingerprint density at radius 2 is 1.67 bits per heavy atom. The third-order valence-electron chi connectivity index (χ3n) is 5.38. The van der Waals surface area contributed by atoms with E-state index in [0.29, 0.717) is 12.1 Å². The Kier molecular flexibility index (Phi) is 5.94. The second kappa shape index (κ2) is 8.57. The largest absolute Gasteiger partial charge is 0.416 e. The lowest BCUT2D eigenvalue weighted by Gasteiger charge is -2.14. The van der Waals surface area contributed by atoms with Gasteiger partial charge in [-0.2, -0.15) is 26.3 Å². The molecule has 1 aliphatic rings. The zero-order valence-electron chi connectivity index (χ0n) is 17.2. The Bertz CT molecular complexity index is 1130. The minimum atomic E-state index is -4.96. The highest BCUT2D eigenvalue weighted by Crippen LogP contribution is 2.36. The molecular weight excluding hydrogens is 448 g/mol. The lowest BCUT2D eigenvalue weighted by molar-refractivity contribution is -0.143. The molecule has 3 aromatic rings. The fraction of sp³-hybridized carbons (Fsp3) is 0.304. The number of alkyl halides is 6. The minimum absolute atomic E-state index is 0.0404. The molecule has 2 aromatic carbocycles. The van der Waals surface area contributed by atoms with Gasteiger partial charge in [0.05, 0.1) is 23.2 Å². The van der Waals surface area contributed by atoms with Crippen LogP contribution in [-0.2, 0) is 43.1 Å². The number of rotatable bonds is 5. The highest BCUT2D eigenvalue weighted by molar-refractivity contribution is 5.78. The summed E-state index contributed by atoms with van der Waals surface area (Å²) in [7, 11) is 0. The SMILES string of the molecule is O=C(Cc1cc(C(F)(F)F)cc(C(F)(F)F)c1)NCc1cccc(-c2cn3c(n2)CCC3)c1. The van der Waals surface area contributed by atoms with Gasteiger partial charge in [-0.3, -0.25) is 4.79 Å². The number of amides is 1. The van der Waals surface area contributed by atoms with E-state index < -0.39 is 35.8 Å². The first-order valence-corrected chi connectivity index (χ1v) is 10.2. The number of fused-ring (bicyclic) bond motifs is 1. The number of nitrogens with zero attached hydrogens (tertiary/aromatic N) is 2. The van der Waals surface area contributed by atoms with Gasteiger partial charge < -0.3 is 9.88 Å². The summed E-state index contributed by atoms with van der Waals surface area (Å²) in [5.41, 5.74) is -0.859. The molecule has 4 nitrogen and oxygen atoms in total. The van der Waals surface area contributed by atoms with Gasteiger partial charge in [0.15, 0.2) is 0 Å². The highest BCUT2D eigenvalue weighted by atomic mass is 19.4. The minimum Gasteiger partial charge on any atom is -0.352 e. The third kappa shape index (κ3) is 5.37. The topological polar surface area (TPSA) is 46.9 Å². The summed E-state index contributed by atoms with van der Waals surface area (Å²) in [4.78, 5) is 16.9. The maximum atomic E-state index is 13.0. The molecule has 0 saturated heterocycles. The summed E-state index contributed by atoms with van der Waals surface area (Å²) < 4.78 is 80.1. The molecule has 10 heteroatoms. The van der Waals surface area contributed by atoms with Crippen LogP contribution in [-0.4, -0.2) is 15.5 Å². The summed E-state index contributed by atoms with van der Waals surface area (Å²) in [6.45, 7) is 0.995. The van der Waals surface area contributed by atoms with E-state index in [4.69, 9.17) is 0 Å². The third-order valence-corrected chi connectivity index (χ3v) is 5.38. The van der Waals surface area contributed by atoms with Gasteiger partial charge in [0.1, 0.15) is 5.82 Å². The van der Waals surface area contributed by atoms with E-state index in [9.17, 15) is 31.1 Å².